The van der Waals surface area contributed by atoms with Gasteiger partial charge in [0, 0.05) is 38.6 Å². The Kier molecular flexibility index (Phi) is 4.13. The summed E-state index contributed by atoms with van der Waals surface area (Å²) in [6.45, 7) is 2.94. The highest BCUT2D eigenvalue weighted by Crippen LogP contribution is 2.22. The number of hydrogen-bond donors (Lipinski definition) is 0. The van der Waals surface area contributed by atoms with E-state index in [0.29, 0.717) is 18.8 Å². The molecule has 1 atom stereocenters. The molecule has 0 aliphatic carbocycles. The molecule has 2 saturated heterocycles. The summed E-state index contributed by atoms with van der Waals surface area (Å²) in [6.07, 6.45) is 8.49. The Morgan fingerprint density at radius 3 is 2.52 bits per heavy atom. The van der Waals surface area contributed by atoms with E-state index in [0.717, 1.165) is 38.8 Å². The van der Waals surface area contributed by atoms with Crippen LogP contribution >= 0.6 is 0 Å². The van der Waals surface area contributed by atoms with Gasteiger partial charge < -0.3 is 9.80 Å². The second-order valence-electron chi connectivity index (χ2n) is 5.71. The SMILES string of the molecule is O=C(c1cnccn1)N1CCCC(C(=O)N2CCCC2)C1. The quantitative estimate of drug-likeness (QED) is 0.812. The van der Waals surface area contributed by atoms with Gasteiger partial charge in [-0.05, 0) is 25.7 Å². The van der Waals surface area contributed by atoms with E-state index in [-0.39, 0.29) is 17.7 Å². The van der Waals surface area contributed by atoms with Crippen molar-refractivity contribution < 1.29 is 9.59 Å². The molecular formula is C15H20N4O2. The highest BCUT2D eigenvalue weighted by atomic mass is 16.2. The Hall–Kier alpha value is -1.98. The summed E-state index contributed by atoms with van der Waals surface area (Å²) in [5.41, 5.74) is 0.353. The van der Waals surface area contributed by atoms with Crippen LogP contribution in [0.2, 0.25) is 0 Å². The van der Waals surface area contributed by atoms with Gasteiger partial charge in [-0.2, -0.15) is 0 Å². The fourth-order valence-electron chi connectivity index (χ4n) is 3.13. The van der Waals surface area contributed by atoms with Gasteiger partial charge in [0.25, 0.3) is 5.91 Å². The maximum Gasteiger partial charge on any atom is 0.274 e. The highest BCUT2D eigenvalue weighted by molar-refractivity contribution is 5.92. The second-order valence-corrected chi connectivity index (χ2v) is 5.71. The van der Waals surface area contributed by atoms with Crippen LogP contribution in [0, 0.1) is 5.92 Å². The minimum atomic E-state index is -0.123. The Labute approximate surface area is 124 Å². The van der Waals surface area contributed by atoms with Crippen LogP contribution in [0.5, 0.6) is 0 Å². The number of rotatable bonds is 2. The third-order valence-corrected chi connectivity index (χ3v) is 4.26. The molecule has 112 valence electrons. The normalized spacial score (nSPS) is 22.4. The van der Waals surface area contributed by atoms with Crippen molar-refractivity contribution in [3.63, 3.8) is 0 Å². The van der Waals surface area contributed by atoms with E-state index in [1.807, 2.05) is 4.90 Å². The van der Waals surface area contributed by atoms with Crippen LogP contribution in [0.3, 0.4) is 0 Å². The lowest BCUT2D eigenvalue weighted by Crippen LogP contribution is -2.46. The summed E-state index contributed by atoms with van der Waals surface area (Å²) < 4.78 is 0. The van der Waals surface area contributed by atoms with E-state index in [1.54, 1.807) is 11.1 Å². The number of nitrogens with zero attached hydrogens (tertiary/aromatic N) is 4. The van der Waals surface area contributed by atoms with Crippen LogP contribution in [-0.4, -0.2) is 57.8 Å². The van der Waals surface area contributed by atoms with Crippen molar-refractivity contribution in [3.8, 4) is 0 Å². The Balaban J connectivity index is 1.65. The molecule has 1 aromatic heterocycles. The van der Waals surface area contributed by atoms with Crippen molar-refractivity contribution in [2.75, 3.05) is 26.2 Å². The molecule has 1 aromatic rings. The van der Waals surface area contributed by atoms with Crippen molar-refractivity contribution in [1.29, 1.82) is 0 Å². The van der Waals surface area contributed by atoms with Crippen molar-refractivity contribution >= 4 is 11.8 Å². The molecule has 0 spiro atoms. The van der Waals surface area contributed by atoms with Gasteiger partial charge in [0.05, 0.1) is 12.1 Å². The van der Waals surface area contributed by atoms with Crippen LogP contribution in [0.15, 0.2) is 18.6 Å². The lowest BCUT2D eigenvalue weighted by atomic mass is 9.96. The van der Waals surface area contributed by atoms with Crippen molar-refractivity contribution in [1.82, 2.24) is 19.8 Å². The molecule has 1 unspecified atom stereocenters. The second kappa shape index (κ2) is 6.20. The first-order chi connectivity index (χ1) is 10.3. The molecule has 6 heteroatoms. The number of hydrogen-bond acceptors (Lipinski definition) is 4. The molecule has 0 saturated carbocycles. The average molecular weight is 288 g/mol. The summed E-state index contributed by atoms with van der Waals surface area (Å²) >= 11 is 0. The van der Waals surface area contributed by atoms with Crippen LogP contribution in [0.4, 0.5) is 0 Å². The van der Waals surface area contributed by atoms with Crippen LogP contribution < -0.4 is 0 Å². The van der Waals surface area contributed by atoms with Crippen molar-refractivity contribution in [3.05, 3.63) is 24.3 Å². The zero-order valence-electron chi connectivity index (χ0n) is 12.1. The zero-order chi connectivity index (χ0) is 14.7. The van der Waals surface area contributed by atoms with E-state index in [4.69, 9.17) is 0 Å². The summed E-state index contributed by atoms with van der Waals surface area (Å²) in [5.74, 6) is 0.0311. The minimum absolute atomic E-state index is 0.0579. The number of likely N-dealkylation sites (tertiary alicyclic amines) is 2. The molecule has 21 heavy (non-hydrogen) atoms. The number of amides is 2. The van der Waals surface area contributed by atoms with Gasteiger partial charge in [0.1, 0.15) is 5.69 Å². The Bertz CT molecular complexity index is 514. The molecule has 0 radical (unpaired) electrons. The molecule has 2 fully saturated rings. The molecule has 2 aliphatic heterocycles. The first kappa shape index (κ1) is 14.0. The fourth-order valence-corrected chi connectivity index (χ4v) is 3.13. The minimum Gasteiger partial charge on any atom is -0.342 e. The summed E-state index contributed by atoms with van der Waals surface area (Å²) in [6, 6.07) is 0. The third kappa shape index (κ3) is 3.04. The lowest BCUT2D eigenvalue weighted by molar-refractivity contribution is -0.135. The van der Waals surface area contributed by atoms with E-state index >= 15 is 0 Å². The molecule has 3 heterocycles. The zero-order valence-corrected chi connectivity index (χ0v) is 12.1. The predicted molar refractivity (Wildman–Crippen MR) is 76.5 cm³/mol. The molecule has 0 N–H and O–H groups in total. The first-order valence-electron chi connectivity index (χ1n) is 7.60. The van der Waals surface area contributed by atoms with Crippen LogP contribution in [-0.2, 0) is 4.79 Å². The van der Waals surface area contributed by atoms with Crippen molar-refractivity contribution in [2.24, 2.45) is 5.92 Å². The average Bonchev–Trinajstić information content (AvgIpc) is 3.09. The molecule has 6 nitrogen and oxygen atoms in total. The summed E-state index contributed by atoms with van der Waals surface area (Å²) in [7, 11) is 0. The molecule has 0 aromatic carbocycles. The molecule has 3 rings (SSSR count). The molecule has 2 amide bonds. The van der Waals surface area contributed by atoms with Gasteiger partial charge in [0.15, 0.2) is 0 Å². The maximum absolute atomic E-state index is 12.5. The van der Waals surface area contributed by atoms with E-state index in [1.165, 1.54) is 12.4 Å². The van der Waals surface area contributed by atoms with Gasteiger partial charge in [-0.3, -0.25) is 14.6 Å². The Morgan fingerprint density at radius 2 is 1.81 bits per heavy atom. The summed E-state index contributed by atoms with van der Waals surface area (Å²) in [4.78, 5) is 36.5. The molecular weight excluding hydrogens is 268 g/mol. The first-order valence-corrected chi connectivity index (χ1v) is 7.60. The number of carbonyl (C=O) groups is 2. The molecule has 0 bridgehead atoms. The van der Waals surface area contributed by atoms with Crippen LogP contribution in [0.25, 0.3) is 0 Å². The monoisotopic (exact) mass is 288 g/mol. The third-order valence-electron chi connectivity index (χ3n) is 4.26. The Morgan fingerprint density at radius 1 is 1.05 bits per heavy atom. The van der Waals surface area contributed by atoms with Gasteiger partial charge in [-0.1, -0.05) is 0 Å². The highest BCUT2D eigenvalue weighted by Gasteiger charge is 2.32. The van der Waals surface area contributed by atoms with E-state index in [9.17, 15) is 9.59 Å². The predicted octanol–water partition coefficient (Wildman–Crippen LogP) is 0.951. The fraction of sp³-hybridized carbons (Fsp3) is 0.600. The molecule has 2 aliphatic rings. The largest absolute Gasteiger partial charge is 0.342 e. The van der Waals surface area contributed by atoms with Gasteiger partial charge in [0.2, 0.25) is 5.91 Å². The van der Waals surface area contributed by atoms with E-state index < -0.39 is 0 Å². The maximum atomic E-state index is 12.5. The van der Waals surface area contributed by atoms with Gasteiger partial charge in [-0.25, -0.2) is 4.98 Å². The van der Waals surface area contributed by atoms with E-state index in [2.05, 4.69) is 9.97 Å². The summed E-state index contributed by atoms with van der Waals surface area (Å²) in [5, 5.41) is 0. The van der Waals surface area contributed by atoms with Gasteiger partial charge in [-0.15, -0.1) is 0 Å². The van der Waals surface area contributed by atoms with Gasteiger partial charge >= 0.3 is 0 Å². The lowest BCUT2D eigenvalue weighted by Gasteiger charge is -2.33. The number of piperidine rings is 1. The topological polar surface area (TPSA) is 66.4 Å². The standard InChI is InChI=1S/C15H20N4O2/c20-14(18-7-1-2-8-18)12-4-3-9-19(11-12)15(21)13-10-16-5-6-17-13/h5-6,10,12H,1-4,7-9,11H2. The van der Waals surface area contributed by atoms with Crippen LogP contribution in [0.1, 0.15) is 36.2 Å². The number of aromatic nitrogens is 2. The smallest absolute Gasteiger partial charge is 0.274 e. The van der Waals surface area contributed by atoms with Crippen molar-refractivity contribution in [2.45, 2.75) is 25.7 Å². The number of carbonyl (C=O) groups excluding carboxylic acids is 2.